The third kappa shape index (κ3) is 3.08. The molecule has 8 heteroatoms. The summed E-state index contributed by atoms with van der Waals surface area (Å²) in [6.45, 7) is 0.523. The first-order chi connectivity index (χ1) is 14.1. The topological polar surface area (TPSA) is 83.0 Å². The SMILES string of the molecule is NC(=O)c1ccc2c(c1)OCCc1cc(-c3nncn3-c3ccccc3Cl)sc1-2. The molecule has 0 bridgehead atoms. The predicted octanol–water partition coefficient (Wildman–Crippen LogP) is 4.35. The van der Waals surface area contributed by atoms with E-state index in [-0.39, 0.29) is 0 Å². The van der Waals surface area contributed by atoms with Gasteiger partial charge < -0.3 is 10.5 Å². The Balaban J connectivity index is 1.63. The molecule has 6 nitrogen and oxygen atoms in total. The van der Waals surface area contributed by atoms with Crippen LogP contribution in [0, 0.1) is 0 Å². The molecule has 0 radical (unpaired) electrons. The number of nitrogens with zero attached hydrogens (tertiary/aromatic N) is 3. The molecular weight excluding hydrogens is 408 g/mol. The maximum Gasteiger partial charge on any atom is 0.248 e. The molecule has 1 aliphatic heterocycles. The molecule has 144 valence electrons. The third-order valence-electron chi connectivity index (χ3n) is 4.83. The number of aromatic nitrogens is 3. The second kappa shape index (κ2) is 7.02. The number of nitrogens with two attached hydrogens (primary N) is 1. The highest BCUT2D eigenvalue weighted by atomic mass is 35.5. The van der Waals surface area contributed by atoms with E-state index in [0.29, 0.717) is 22.9 Å². The van der Waals surface area contributed by atoms with Crippen LogP contribution < -0.4 is 10.5 Å². The number of hydrogen-bond donors (Lipinski definition) is 1. The van der Waals surface area contributed by atoms with Gasteiger partial charge >= 0.3 is 0 Å². The van der Waals surface area contributed by atoms with Crippen molar-refractivity contribution in [3.8, 4) is 32.6 Å². The summed E-state index contributed by atoms with van der Waals surface area (Å²) in [6, 6.07) is 15.0. The molecule has 4 aromatic rings. The van der Waals surface area contributed by atoms with Crippen LogP contribution in [-0.4, -0.2) is 27.3 Å². The van der Waals surface area contributed by atoms with Crippen molar-refractivity contribution in [1.82, 2.24) is 14.8 Å². The summed E-state index contributed by atoms with van der Waals surface area (Å²) in [7, 11) is 0. The summed E-state index contributed by atoms with van der Waals surface area (Å²) >= 11 is 7.99. The van der Waals surface area contributed by atoms with Gasteiger partial charge in [0.25, 0.3) is 0 Å². The summed E-state index contributed by atoms with van der Waals surface area (Å²) in [4.78, 5) is 13.6. The predicted molar refractivity (Wildman–Crippen MR) is 113 cm³/mol. The van der Waals surface area contributed by atoms with Crippen molar-refractivity contribution in [1.29, 1.82) is 0 Å². The Bertz CT molecular complexity index is 1250. The average molecular weight is 423 g/mol. The number of ether oxygens (including phenoxy) is 1. The molecule has 0 fully saturated rings. The van der Waals surface area contributed by atoms with Crippen LogP contribution in [-0.2, 0) is 6.42 Å². The molecule has 0 unspecified atom stereocenters. The summed E-state index contributed by atoms with van der Waals surface area (Å²) in [5.74, 6) is 0.925. The molecular formula is C21H15ClN4O2S. The van der Waals surface area contributed by atoms with Gasteiger partial charge in [-0.1, -0.05) is 23.7 Å². The van der Waals surface area contributed by atoms with Crippen molar-refractivity contribution >= 4 is 28.8 Å². The van der Waals surface area contributed by atoms with Crippen LogP contribution in [0.4, 0.5) is 0 Å². The van der Waals surface area contributed by atoms with Crippen LogP contribution in [0.15, 0.2) is 54.9 Å². The molecule has 1 aliphatic rings. The van der Waals surface area contributed by atoms with E-state index in [9.17, 15) is 4.79 Å². The van der Waals surface area contributed by atoms with E-state index in [2.05, 4.69) is 16.3 Å². The zero-order valence-electron chi connectivity index (χ0n) is 15.1. The summed E-state index contributed by atoms with van der Waals surface area (Å²) in [6.07, 6.45) is 2.42. The number of hydrogen-bond acceptors (Lipinski definition) is 5. The van der Waals surface area contributed by atoms with Gasteiger partial charge in [-0.15, -0.1) is 21.5 Å². The van der Waals surface area contributed by atoms with E-state index in [0.717, 1.165) is 33.3 Å². The minimum absolute atomic E-state index is 0.433. The fourth-order valence-corrected chi connectivity index (χ4v) is 4.88. The Morgan fingerprint density at radius 1 is 1.21 bits per heavy atom. The first-order valence-corrected chi connectivity index (χ1v) is 10.2. The third-order valence-corrected chi connectivity index (χ3v) is 6.36. The molecule has 0 atom stereocenters. The van der Waals surface area contributed by atoms with Crippen molar-refractivity contribution < 1.29 is 9.53 Å². The second-order valence-electron chi connectivity index (χ2n) is 6.61. The maximum atomic E-state index is 11.5. The Morgan fingerprint density at radius 3 is 2.90 bits per heavy atom. The number of benzene rings is 2. The van der Waals surface area contributed by atoms with Gasteiger partial charge in [-0.2, -0.15) is 0 Å². The summed E-state index contributed by atoms with van der Waals surface area (Å²) in [5, 5.41) is 9.07. The normalized spacial score (nSPS) is 12.6. The Kier molecular flexibility index (Phi) is 4.34. The van der Waals surface area contributed by atoms with Crippen LogP contribution in [0.25, 0.3) is 26.8 Å². The zero-order valence-corrected chi connectivity index (χ0v) is 16.7. The molecule has 0 spiro atoms. The largest absolute Gasteiger partial charge is 0.493 e. The van der Waals surface area contributed by atoms with E-state index in [4.69, 9.17) is 22.1 Å². The van der Waals surface area contributed by atoms with Gasteiger partial charge in [0.2, 0.25) is 5.91 Å². The lowest BCUT2D eigenvalue weighted by Gasteiger charge is -2.09. The molecule has 0 saturated heterocycles. The van der Waals surface area contributed by atoms with Crippen molar-refractivity contribution in [2.75, 3.05) is 6.61 Å². The monoisotopic (exact) mass is 422 g/mol. The Labute approximate surface area is 175 Å². The van der Waals surface area contributed by atoms with Gasteiger partial charge in [-0.25, -0.2) is 0 Å². The van der Waals surface area contributed by atoms with Crippen LogP contribution in [0.5, 0.6) is 5.75 Å². The first kappa shape index (κ1) is 17.9. The Hall–Kier alpha value is -3.16. The number of primary amides is 1. The molecule has 29 heavy (non-hydrogen) atoms. The number of amides is 1. The molecule has 0 aliphatic carbocycles. The van der Waals surface area contributed by atoms with Crippen molar-refractivity contribution in [2.24, 2.45) is 5.73 Å². The number of fused-ring (bicyclic) bond motifs is 3. The number of para-hydroxylation sites is 1. The van der Waals surface area contributed by atoms with Crippen LogP contribution >= 0.6 is 22.9 Å². The van der Waals surface area contributed by atoms with Gasteiger partial charge in [-0.3, -0.25) is 9.36 Å². The molecule has 2 N–H and O–H groups in total. The van der Waals surface area contributed by atoms with Gasteiger partial charge in [-0.05, 0) is 42.0 Å². The molecule has 3 heterocycles. The quantitative estimate of drug-likeness (QED) is 0.532. The second-order valence-corrected chi connectivity index (χ2v) is 8.07. The van der Waals surface area contributed by atoms with E-state index < -0.39 is 5.91 Å². The molecule has 0 saturated carbocycles. The standard InChI is InChI=1S/C21H15ClN4O2S/c22-15-3-1-2-4-16(15)26-11-24-25-21(26)18-10-12-7-8-28-17-9-13(20(23)27)5-6-14(17)19(12)29-18/h1-6,9-11H,7-8H2,(H2,23,27). The van der Waals surface area contributed by atoms with E-state index in [1.807, 2.05) is 34.9 Å². The van der Waals surface area contributed by atoms with Gasteiger partial charge in [0.15, 0.2) is 5.82 Å². The number of rotatable bonds is 3. The lowest BCUT2D eigenvalue weighted by Crippen LogP contribution is -2.11. The minimum Gasteiger partial charge on any atom is -0.493 e. The lowest BCUT2D eigenvalue weighted by molar-refractivity contribution is 0.1000. The molecule has 1 amide bonds. The number of carbonyl (C=O) groups is 1. The van der Waals surface area contributed by atoms with Crippen LogP contribution in [0.1, 0.15) is 15.9 Å². The van der Waals surface area contributed by atoms with Crippen molar-refractivity contribution in [3.63, 3.8) is 0 Å². The van der Waals surface area contributed by atoms with Gasteiger partial charge in [0.1, 0.15) is 12.1 Å². The molecule has 2 aromatic heterocycles. The number of carbonyl (C=O) groups excluding carboxylic acids is 1. The van der Waals surface area contributed by atoms with Crippen LogP contribution in [0.2, 0.25) is 5.02 Å². The van der Waals surface area contributed by atoms with Gasteiger partial charge in [0.05, 0.1) is 22.2 Å². The van der Waals surface area contributed by atoms with Gasteiger partial charge in [0, 0.05) is 22.4 Å². The van der Waals surface area contributed by atoms with Crippen molar-refractivity contribution in [2.45, 2.75) is 6.42 Å². The van der Waals surface area contributed by atoms with E-state index in [1.165, 1.54) is 5.56 Å². The highest BCUT2D eigenvalue weighted by Gasteiger charge is 2.22. The summed E-state index contributed by atoms with van der Waals surface area (Å²) in [5.41, 5.74) is 8.79. The highest BCUT2D eigenvalue weighted by molar-refractivity contribution is 7.19. The van der Waals surface area contributed by atoms with Crippen LogP contribution in [0.3, 0.4) is 0 Å². The minimum atomic E-state index is -0.472. The number of halogens is 1. The van der Waals surface area contributed by atoms with Crippen molar-refractivity contribution in [3.05, 3.63) is 71.0 Å². The lowest BCUT2D eigenvalue weighted by atomic mass is 10.1. The maximum absolute atomic E-state index is 11.5. The fourth-order valence-electron chi connectivity index (χ4n) is 3.43. The highest BCUT2D eigenvalue weighted by Crippen LogP contribution is 2.44. The number of thiophene rings is 1. The fraction of sp³-hybridized carbons (Fsp3) is 0.0952. The average Bonchev–Trinajstić information content (AvgIpc) is 3.32. The molecule has 2 aromatic carbocycles. The zero-order chi connectivity index (χ0) is 20.0. The Morgan fingerprint density at radius 2 is 2.07 bits per heavy atom. The first-order valence-electron chi connectivity index (χ1n) is 8.97. The summed E-state index contributed by atoms with van der Waals surface area (Å²) < 4.78 is 7.76. The molecule has 5 rings (SSSR count). The van der Waals surface area contributed by atoms with E-state index >= 15 is 0 Å². The smallest absolute Gasteiger partial charge is 0.248 e. The van der Waals surface area contributed by atoms with E-state index in [1.54, 1.807) is 29.8 Å².